The Labute approximate surface area is 162 Å². The Morgan fingerprint density at radius 1 is 1.07 bits per heavy atom. The Balaban J connectivity index is 1.63. The van der Waals surface area contributed by atoms with Gasteiger partial charge in [0.2, 0.25) is 5.88 Å². The van der Waals surface area contributed by atoms with E-state index < -0.39 is 5.91 Å². The third kappa shape index (κ3) is 3.30. The Bertz CT molecular complexity index is 1160. The van der Waals surface area contributed by atoms with Crippen molar-refractivity contribution in [3.05, 3.63) is 65.3 Å². The van der Waals surface area contributed by atoms with Gasteiger partial charge in [0.05, 0.1) is 10.4 Å². The maximum absolute atomic E-state index is 12.5. The molecule has 2 aromatic carbocycles. The number of nitrogens with one attached hydrogen (secondary N) is 1. The number of phenolic OH excluding ortho intramolecular Hbond substituents is 1. The predicted molar refractivity (Wildman–Crippen MR) is 106 cm³/mol. The van der Waals surface area contributed by atoms with Crippen molar-refractivity contribution in [3.8, 4) is 22.1 Å². The van der Waals surface area contributed by atoms with Crippen molar-refractivity contribution in [2.45, 2.75) is 0 Å². The van der Waals surface area contributed by atoms with E-state index >= 15 is 0 Å². The van der Waals surface area contributed by atoms with Gasteiger partial charge >= 0.3 is 0 Å². The van der Waals surface area contributed by atoms with Crippen LogP contribution in [0, 0.1) is 0 Å². The monoisotopic (exact) mass is 397 g/mol. The fourth-order valence-corrected chi connectivity index (χ4v) is 3.62. The molecule has 4 rings (SSSR count). The number of hydrogen-bond acceptors (Lipinski definition) is 6. The van der Waals surface area contributed by atoms with Crippen LogP contribution < -0.4 is 5.32 Å². The molecule has 0 atom stereocenters. The summed E-state index contributed by atoms with van der Waals surface area (Å²) in [5, 5.41) is 24.6. The molecule has 2 heterocycles. The fraction of sp³-hybridized carbons (Fsp3) is 0. The molecular formula is C19H12ClN3O3S. The minimum Gasteiger partial charge on any atom is -0.505 e. The number of benzene rings is 2. The molecular weight excluding hydrogens is 386 g/mol. The predicted octanol–water partition coefficient (Wildman–Crippen LogP) is 4.68. The van der Waals surface area contributed by atoms with Crippen molar-refractivity contribution < 1.29 is 15.0 Å². The lowest BCUT2D eigenvalue weighted by molar-refractivity contribution is 0.102. The van der Waals surface area contributed by atoms with Crippen molar-refractivity contribution in [2.24, 2.45) is 0 Å². The molecule has 0 aliphatic rings. The zero-order valence-electron chi connectivity index (χ0n) is 13.7. The molecule has 3 N–H and O–H groups in total. The molecule has 0 saturated carbocycles. The average molecular weight is 398 g/mol. The lowest BCUT2D eigenvalue weighted by Crippen LogP contribution is -2.12. The van der Waals surface area contributed by atoms with Crippen molar-refractivity contribution in [1.29, 1.82) is 0 Å². The van der Waals surface area contributed by atoms with Crippen LogP contribution >= 0.6 is 22.9 Å². The minimum atomic E-state index is -0.545. The number of anilines is 1. The number of rotatable bonds is 3. The van der Waals surface area contributed by atoms with E-state index in [4.69, 9.17) is 11.6 Å². The van der Waals surface area contributed by atoms with Crippen molar-refractivity contribution in [3.63, 3.8) is 0 Å². The number of aromatic nitrogens is 2. The van der Waals surface area contributed by atoms with Gasteiger partial charge in [0.1, 0.15) is 5.52 Å². The van der Waals surface area contributed by atoms with Gasteiger partial charge < -0.3 is 10.2 Å². The van der Waals surface area contributed by atoms with Crippen LogP contribution in [0.4, 0.5) is 5.13 Å². The zero-order valence-corrected chi connectivity index (χ0v) is 15.3. The molecule has 0 saturated heterocycles. The number of pyridine rings is 1. The largest absolute Gasteiger partial charge is 0.505 e. The minimum absolute atomic E-state index is 0.0731. The number of phenols is 1. The second-order valence-electron chi connectivity index (χ2n) is 5.67. The molecule has 0 radical (unpaired) electrons. The molecule has 6 nitrogen and oxygen atoms in total. The summed E-state index contributed by atoms with van der Waals surface area (Å²) in [6, 6.07) is 13.7. The van der Waals surface area contributed by atoms with Gasteiger partial charge in [0.25, 0.3) is 5.91 Å². The first-order valence-corrected chi connectivity index (χ1v) is 9.06. The maximum Gasteiger partial charge on any atom is 0.261 e. The molecule has 27 heavy (non-hydrogen) atoms. The smallest absolute Gasteiger partial charge is 0.261 e. The van der Waals surface area contributed by atoms with E-state index in [2.05, 4.69) is 15.3 Å². The lowest BCUT2D eigenvalue weighted by Gasteiger charge is -2.06. The first-order chi connectivity index (χ1) is 13.0. The summed E-state index contributed by atoms with van der Waals surface area (Å²) in [6.07, 6.45) is 1.54. The highest BCUT2D eigenvalue weighted by molar-refractivity contribution is 7.19. The SMILES string of the molecule is O=C(Nc1nc(O)c(-c2ccc(Cl)cc2)s1)c1ccc2cccnc2c1O. The Morgan fingerprint density at radius 2 is 1.85 bits per heavy atom. The normalized spacial score (nSPS) is 10.9. The Hall–Kier alpha value is -3.16. The summed E-state index contributed by atoms with van der Waals surface area (Å²) in [7, 11) is 0. The van der Waals surface area contributed by atoms with E-state index in [-0.39, 0.29) is 22.3 Å². The van der Waals surface area contributed by atoms with E-state index in [1.54, 1.807) is 48.7 Å². The van der Waals surface area contributed by atoms with Crippen LogP contribution in [-0.4, -0.2) is 26.1 Å². The first-order valence-electron chi connectivity index (χ1n) is 7.86. The first kappa shape index (κ1) is 17.3. The highest BCUT2D eigenvalue weighted by Gasteiger charge is 2.18. The van der Waals surface area contributed by atoms with Gasteiger partial charge in [0.15, 0.2) is 10.9 Å². The molecule has 8 heteroatoms. The van der Waals surface area contributed by atoms with Crippen LogP contribution in [0.2, 0.25) is 5.02 Å². The molecule has 2 aromatic heterocycles. The topological polar surface area (TPSA) is 95.3 Å². The molecule has 0 fully saturated rings. The number of halogens is 1. The molecule has 0 bridgehead atoms. The van der Waals surface area contributed by atoms with Crippen LogP contribution in [0.5, 0.6) is 11.6 Å². The van der Waals surface area contributed by atoms with Crippen molar-refractivity contribution >= 4 is 44.9 Å². The van der Waals surface area contributed by atoms with E-state index in [1.165, 1.54) is 6.07 Å². The number of fused-ring (bicyclic) bond motifs is 1. The molecule has 0 unspecified atom stereocenters. The van der Waals surface area contributed by atoms with E-state index in [0.29, 0.717) is 15.4 Å². The van der Waals surface area contributed by atoms with Gasteiger partial charge in [-0.05, 0) is 29.8 Å². The Morgan fingerprint density at radius 3 is 2.63 bits per heavy atom. The van der Waals surface area contributed by atoms with E-state index in [0.717, 1.165) is 22.3 Å². The molecule has 0 spiro atoms. The van der Waals surface area contributed by atoms with Crippen LogP contribution in [0.1, 0.15) is 10.4 Å². The van der Waals surface area contributed by atoms with Crippen LogP contribution in [0.25, 0.3) is 21.3 Å². The van der Waals surface area contributed by atoms with Gasteiger partial charge in [-0.15, -0.1) is 0 Å². The average Bonchev–Trinajstić information content (AvgIpc) is 3.03. The molecule has 0 aliphatic carbocycles. The zero-order chi connectivity index (χ0) is 19.0. The maximum atomic E-state index is 12.5. The molecule has 134 valence electrons. The van der Waals surface area contributed by atoms with Crippen LogP contribution in [0.3, 0.4) is 0 Å². The van der Waals surface area contributed by atoms with Crippen molar-refractivity contribution in [1.82, 2.24) is 9.97 Å². The number of carbonyl (C=O) groups is 1. The standard InChI is InChI=1S/C19H12ClN3O3S/c20-12-6-3-11(4-7-12)16-18(26)23-19(27-16)22-17(25)13-8-5-10-2-1-9-21-14(10)15(13)24/h1-9,24,26H,(H,22,23,25). The fourth-order valence-electron chi connectivity index (χ4n) is 2.63. The van der Waals surface area contributed by atoms with E-state index in [9.17, 15) is 15.0 Å². The van der Waals surface area contributed by atoms with E-state index in [1.807, 2.05) is 0 Å². The van der Waals surface area contributed by atoms with Gasteiger partial charge in [0, 0.05) is 16.6 Å². The Kier molecular flexibility index (Phi) is 4.39. The van der Waals surface area contributed by atoms with Gasteiger partial charge in [-0.3, -0.25) is 15.1 Å². The lowest BCUT2D eigenvalue weighted by atomic mass is 10.1. The van der Waals surface area contributed by atoms with Gasteiger partial charge in [-0.1, -0.05) is 47.2 Å². The quantitative estimate of drug-likeness (QED) is 0.466. The highest BCUT2D eigenvalue weighted by Crippen LogP contribution is 2.38. The number of hydrogen-bond donors (Lipinski definition) is 3. The summed E-state index contributed by atoms with van der Waals surface area (Å²) in [5.41, 5.74) is 1.14. The summed E-state index contributed by atoms with van der Waals surface area (Å²) in [6.45, 7) is 0. The molecule has 0 aliphatic heterocycles. The molecule has 4 aromatic rings. The third-order valence-corrected chi connectivity index (χ3v) is 5.19. The number of thiazole rings is 1. The number of aromatic hydroxyl groups is 2. The number of carbonyl (C=O) groups excluding carboxylic acids is 1. The van der Waals surface area contributed by atoms with Crippen molar-refractivity contribution in [2.75, 3.05) is 5.32 Å². The summed E-state index contributed by atoms with van der Waals surface area (Å²) in [5.74, 6) is -0.942. The molecule has 1 amide bonds. The third-order valence-electron chi connectivity index (χ3n) is 3.93. The summed E-state index contributed by atoms with van der Waals surface area (Å²) >= 11 is 6.99. The van der Waals surface area contributed by atoms with Gasteiger partial charge in [-0.2, -0.15) is 4.98 Å². The number of amides is 1. The summed E-state index contributed by atoms with van der Waals surface area (Å²) in [4.78, 5) is 21.1. The number of nitrogens with zero attached hydrogens (tertiary/aromatic N) is 2. The van der Waals surface area contributed by atoms with Gasteiger partial charge in [-0.25, -0.2) is 0 Å². The highest BCUT2D eigenvalue weighted by atomic mass is 35.5. The second kappa shape index (κ2) is 6.86. The second-order valence-corrected chi connectivity index (χ2v) is 7.11. The van der Waals surface area contributed by atoms with Crippen LogP contribution in [-0.2, 0) is 0 Å². The van der Waals surface area contributed by atoms with Crippen LogP contribution in [0.15, 0.2) is 54.7 Å². The summed E-state index contributed by atoms with van der Waals surface area (Å²) < 4.78 is 0.